The smallest absolute Gasteiger partial charge is 0.410 e. The molecule has 1 aromatic carbocycles. The van der Waals surface area contributed by atoms with Gasteiger partial charge >= 0.3 is 6.09 Å². The van der Waals surface area contributed by atoms with Crippen LogP contribution in [0, 0.1) is 37.5 Å². The highest BCUT2D eigenvalue weighted by molar-refractivity contribution is 5.86. The first-order valence-electron chi connectivity index (χ1n) is 22.8. The number of Topliss-reactive ketones (excluding diaryl/α,β-unsaturated/α-hetero) is 1. The molecule has 0 bridgehead atoms. The summed E-state index contributed by atoms with van der Waals surface area (Å²) in [5, 5.41) is 14.0. The Morgan fingerprint density at radius 2 is 1.50 bits per heavy atom. The van der Waals surface area contributed by atoms with E-state index < -0.39 is 11.7 Å². The van der Waals surface area contributed by atoms with Gasteiger partial charge in [0, 0.05) is 45.6 Å². The molecule has 2 aliphatic rings. The van der Waals surface area contributed by atoms with Crippen molar-refractivity contribution in [1.29, 1.82) is 0 Å². The fraction of sp³-hybridized carbons (Fsp3) is 0.580. The molecule has 1 aromatic heterocycles. The highest BCUT2D eigenvalue weighted by Gasteiger charge is 2.33. The Labute approximate surface area is 408 Å². The minimum absolute atomic E-state index is 0.0434. The molecule has 2 aromatic rings. The fourth-order valence-electron chi connectivity index (χ4n) is 5.41. The van der Waals surface area contributed by atoms with Gasteiger partial charge in [0.2, 0.25) is 24.6 Å². The van der Waals surface area contributed by atoms with Crippen molar-refractivity contribution >= 4 is 48.6 Å². The number of primary amides is 1. The van der Waals surface area contributed by atoms with Gasteiger partial charge in [-0.15, -0.1) is 25.7 Å². The van der Waals surface area contributed by atoms with Gasteiger partial charge in [0.1, 0.15) is 23.5 Å². The summed E-state index contributed by atoms with van der Waals surface area (Å²) < 4.78 is 5.25. The number of nitrogens with zero attached hydrogens (tertiary/aromatic N) is 4. The molecule has 2 fully saturated rings. The van der Waals surface area contributed by atoms with Gasteiger partial charge in [0.15, 0.2) is 0 Å². The van der Waals surface area contributed by atoms with Gasteiger partial charge in [-0.05, 0) is 72.4 Å². The first-order valence-corrected chi connectivity index (χ1v) is 22.8. The zero-order valence-corrected chi connectivity index (χ0v) is 43.1. The lowest BCUT2D eigenvalue weighted by Crippen LogP contribution is -2.38. The van der Waals surface area contributed by atoms with Gasteiger partial charge in [0.25, 0.3) is 0 Å². The number of rotatable bonds is 15. The average molecular weight is 955 g/mol. The van der Waals surface area contributed by atoms with Crippen molar-refractivity contribution in [3.05, 3.63) is 54.5 Å². The van der Waals surface area contributed by atoms with E-state index in [-0.39, 0.29) is 48.7 Å². The van der Waals surface area contributed by atoms with Gasteiger partial charge in [-0.2, -0.15) is 0 Å². The Morgan fingerprint density at radius 1 is 0.941 bits per heavy atom. The number of likely N-dealkylation sites (N-methyl/N-ethyl adjacent to an activating group) is 1. The molecular formula is C50H86N10O8. The molecule has 1 unspecified atom stereocenters. The minimum atomic E-state index is -0.536. The van der Waals surface area contributed by atoms with Gasteiger partial charge < -0.3 is 46.3 Å². The Morgan fingerprint density at radius 3 is 1.91 bits per heavy atom. The number of aldehydes is 1. The number of carbonyl (C=O) groups excluding carboxylic acids is 7. The van der Waals surface area contributed by atoms with Crippen LogP contribution in [0.3, 0.4) is 0 Å². The number of anilines is 1. The first-order chi connectivity index (χ1) is 32.4. The molecule has 5 amide bonds. The zero-order chi connectivity index (χ0) is 53.3. The van der Waals surface area contributed by atoms with E-state index in [1.54, 1.807) is 60.5 Å². The summed E-state index contributed by atoms with van der Waals surface area (Å²) in [7, 11) is 5.05. The van der Waals surface area contributed by atoms with Gasteiger partial charge in [-0.1, -0.05) is 83.7 Å². The van der Waals surface area contributed by atoms with Crippen LogP contribution in [0.2, 0.25) is 0 Å². The molecule has 68 heavy (non-hydrogen) atoms. The molecule has 1 aliphatic carbocycles. The SMILES string of the molecule is C#C.C#C.CC.CC(=O)CNC(=O)[C@H]1CCN(C(=O)OC(C)(C)C)C1.CCC.CN(C)C=O.CNCC(N)=O.C[C@@H](NCNC=O)c1ccccc1.O=CC(Nc1cnccn1)C1CCCCC1. The van der Waals surface area contributed by atoms with Crippen LogP contribution in [-0.4, -0.2) is 128 Å². The van der Waals surface area contributed by atoms with Gasteiger partial charge in [-0.3, -0.25) is 34.3 Å². The Kier molecular flexibility index (Phi) is 50.4. The zero-order valence-electron chi connectivity index (χ0n) is 43.1. The number of ether oxygens (including phenoxy) is 1. The maximum absolute atomic E-state index is 11.8. The molecular weight excluding hydrogens is 869 g/mol. The summed E-state index contributed by atoms with van der Waals surface area (Å²) in [6.45, 7) is 18.8. The van der Waals surface area contributed by atoms with E-state index in [4.69, 9.17) is 10.5 Å². The number of ketones is 1. The van der Waals surface area contributed by atoms with Crippen LogP contribution in [0.25, 0.3) is 0 Å². The molecule has 0 radical (unpaired) electrons. The van der Waals surface area contributed by atoms with Crippen molar-refractivity contribution in [2.24, 2.45) is 17.6 Å². The third-order valence-electron chi connectivity index (χ3n) is 8.36. The van der Waals surface area contributed by atoms with Crippen molar-refractivity contribution in [2.75, 3.05) is 59.3 Å². The number of amides is 5. The normalized spacial score (nSPS) is 13.8. The van der Waals surface area contributed by atoms with E-state index in [1.165, 1.54) is 48.0 Å². The van der Waals surface area contributed by atoms with Crippen LogP contribution in [-0.2, 0) is 33.5 Å². The van der Waals surface area contributed by atoms with Crippen LogP contribution in [0.1, 0.15) is 119 Å². The third-order valence-corrected chi connectivity index (χ3v) is 8.36. The second-order valence-electron chi connectivity index (χ2n) is 15.7. The second-order valence-corrected chi connectivity index (χ2v) is 15.7. The number of benzene rings is 1. The molecule has 3 atom stereocenters. The number of nitrogens with one attached hydrogen (secondary N) is 5. The van der Waals surface area contributed by atoms with Crippen molar-refractivity contribution in [1.82, 2.24) is 41.0 Å². The summed E-state index contributed by atoms with van der Waals surface area (Å²) in [4.78, 5) is 85.7. The summed E-state index contributed by atoms with van der Waals surface area (Å²) in [5.41, 5.74) is 5.38. The van der Waals surface area contributed by atoms with Crippen LogP contribution >= 0.6 is 0 Å². The Balaban J connectivity index is -0.000000246. The monoisotopic (exact) mass is 955 g/mol. The molecule has 1 aliphatic heterocycles. The van der Waals surface area contributed by atoms with E-state index in [0.29, 0.717) is 44.3 Å². The lowest BCUT2D eigenvalue weighted by atomic mass is 9.84. The van der Waals surface area contributed by atoms with E-state index >= 15 is 0 Å². The standard InChI is InChI=1S/C13H22N2O4.C12H17N3O.C10H14N2O.C3H8N2O.C3H7NO.C3H8.C2H6.2C2H2/c1-9(16)7-14-11(17)10-5-6-15(8-10)12(18)19-13(2,3)4;16-9-11(10-4-2-1-3-5-10)15-12-8-13-6-7-14-12;1-9(12-7-11-8-13)10-5-3-2-4-6-10;1-5-2-3(4)6;1-4(2)3-5;1-3-2;3*1-2/h10H,5-8H2,1-4H3,(H,14,17);6-11H,1-5H2,(H,14,15);2-6,8-9,12H,7H2,1H3,(H,11,13);5H,2H2,1H3,(H2,4,6);3H,1-2H3;3H2,1-2H3;1-2H3;2*1-2H/t10-;;9-;;;;;;/m0.1....../s1. The van der Waals surface area contributed by atoms with Crippen LogP contribution in [0.5, 0.6) is 0 Å². The Hall–Kier alpha value is -6.37. The van der Waals surface area contributed by atoms with Crippen molar-refractivity contribution in [3.63, 3.8) is 0 Å². The second kappa shape index (κ2) is 48.6. The molecule has 0 spiro atoms. The molecule has 2 heterocycles. The predicted molar refractivity (Wildman–Crippen MR) is 274 cm³/mol. The highest BCUT2D eigenvalue weighted by Crippen LogP contribution is 2.27. The van der Waals surface area contributed by atoms with Crippen LogP contribution < -0.4 is 32.3 Å². The van der Waals surface area contributed by atoms with E-state index in [1.807, 2.05) is 32.0 Å². The summed E-state index contributed by atoms with van der Waals surface area (Å²) >= 11 is 0. The fourth-order valence-corrected chi connectivity index (χ4v) is 5.41. The number of likely N-dealkylation sites (tertiary alicyclic amines) is 1. The number of hydrogen-bond donors (Lipinski definition) is 6. The topological polar surface area (TPSA) is 247 Å². The summed E-state index contributed by atoms with van der Waals surface area (Å²) in [6, 6.07) is 10.2. The average Bonchev–Trinajstić information content (AvgIpc) is 3.85. The molecule has 7 N–H and O–H groups in total. The van der Waals surface area contributed by atoms with E-state index in [2.05, 4.69) is 95.1 Å². The lowest BCUT2D eigenvalue weighted by molar-refractivity contribution is -0.127. The first kappa shape index (κ1) is 70.6. The van der Waals surface area contributed by atoms with Crippen LogP contribution in [0.15, 0.2) is 48.9 Å². The molecule has 384 valence electrons. The van der Waals surface area contributed by atoms with Crippen molar-refractivity contribution in [3.8, 4) is 25.7 Å². The van der Waals surface area contributed by atoms with Crippen LogP contribution in [0.4, 0.5) is 10.6 Å². The van der Waals surface area contributed by atoms with E-state index in [9.17, 15) is 33.6 Å². The number of aromatic nitrogens is 2. The number of nitrogens with two attached hydrogens (primary N) is 1. The quantitative estimate of drug-likeness (QED) is 0.0570. The van der Waals surface area contributed by atoms with E-state index in [0.717, 1.165) is 25.5 Å². The molecule has 1 saturated carbocycles. The lowest BCUT2D eigenvalue weighted by Gasteiger charge is -2.27. The molecule has 18 heteroatoms. The number of terminal acetylenes is 2. The van der Waals surface area contributed by atoms with Gasteiger partial charge in [-0.25, -0.2) is 9.78 Å². The van der Waals surface area contributed by atoms with Gasteiger partial charge in [0.05, 0.1) is 37.9 Å². The number of hydrogen-bond acceptors (Lipinski definition) is 13. The predicted octanol–water partition coefficient (Wildman–Crippen LogP) is 5.36. The largest absolute Gasteiger partial charge is 0.444 e. The minimum Gasteiger partial charge on any atom is -0.444 e. The maximum atomic E-state index is 11.8. The van der Waals surface area contributed by atoms with Crippen molar-refractivity contribution < 1.29 is 38.3 Å². The maximum Gasteiger partial charge on any atom is 0.410 e. The summed E-state index contributed by atoms with van der Waals surface area (Å²) in [6.07, 6.45) is 30.8. The Bertz CT molecular complexity index is 1590. The molecule has 4 rings (SSSR count). The van der Waals surface area contributed by atoms with Crippen molar-refractivity contribution in [2.45, 2.75) is 125 Å². The molecule has 18 nitrogen and oxygen atoms in total. The highest BCUT2D eigenvalue weighted by atomic mass is 16.6. The number of carbonyl (C=O) groups is 7. The third kappa shape index (κ3) is 43.5. The molecule has 1 saturated heterocycles. The summed E-state index contributed by atoms with van der Waals surface area (Å²) in [5.74, 6) is 0.291.